The van der Waals surface area contributed by atoms with E-state index in [1.165, 1.54) is 5.56 Å². The number of aryl methyl sites for hydroxylation is 1. The molecule has 1 aromatic rings. The molecule has 0 heterocycles. The molecule has 0 saturated carbocycles. The van der Waals surface area contributed by atoms with Crippen LogP contribution in [0.5, 0.6) is 0 Å². The second kappa shape index (κ2) is 8.29. The van der Waals surface area contributed by atoms with E-state index in [1.807, 2.05) is 57.2 Å². The van der Waals surface area contributed by atoms with Gasteiger partial charge in [0.15, 0.2) is 0 Å². The molecule has 1 rings (SSSR count). The Balaban J connectivity index is 0.000000411. The summed E-state index contributed by atoms with van der Waals surface area (Å²) in [6, 6.07) is 7.57. The number of allylic oxidation sites excluding steroid dienone is 3. The van der Waals surface area contributed by atoms with Gasteiger partial charge in [0, 0.05) is 19.7 Å². The van der Waals surface area contributed by atoms with Crippen LogP contribution in [0.1, 0.15) is 29.8 Å². The summed E-state index contributed by atoms with van der Waals surface area (Å²) < 4.78 is 0. The minimum absolute atomic E-state index is 0.0509. The van der Waals surface area contributed by atoms with Crippen LogP contribution in [0.25, 0.3) is 0 Å². The lowest BCUT2D eigenvalue weighted by Gasteiger charge is -2.09. The van der Waals surface area contributed by atoms with Gasteiger partial charge in [-0.3, -0.25) is 4.79 Å². The minimum Gasteiger partial charge on any atom is -0.345 e. The van der Waals surface area contributed by atoms with Crippen LogP contribution in [0.15, 0.2) is 48.6 Å². The predicted molar refractivity (Wildman–Crippen MR) is 78.8 cm³/mol. The van der Waals surface area contributed by atoms with Gasteiger partial charge >= 0.3 is 0 Å². The third-order valence-corrected chi connectivity index (χ3v) is 2.16. The summed E-state index contributed by atoms with van der Waals surface area (Å²) in [5.41, 5.74) is 3.02. The molecule has 0 atom stereocenters. The molecule has 0 bridgehead atoms. The highest BCUT2D eigenvalue weighted by atomic mass is 16.2. The quantitative estimate of drug-likeness (QED) is 0.725. The monoisotopic (exact) mass is 245 g/mol. The van der Waals surface area contributed by atoms with Gasteiger partial charge in [0.2, 0.25) is 0 Å². The first-order valence-electron chi connectivity index (χ1n) is 5.95. The van der Waals surface area contributed by atoms with Gasteiger partial charge in [0.25, 0.3) is 5.91 Å². The van der Waals surface area contributed by atoms with Crippen molar-refractivity contribution in [3.8, 4) is 0 Å². The maximum absolute atomic E-state index is 11.4. The van der Waals surface area contributed by atoms with E-state index >= 15 is 0 Å². The fourth-order valence-electron chi connectivity index (χ4n) is 1.24. The molecule has 0 aliphatic rings. The Hall–Kier alpha value is -1.83. The predicted octanol–water partition coefficient (Wildman–Crippen LogP) is 3.84. The molecule has 0 aliphatic carbocycles. The smallest absolute Gasteiger partial charge is 0.253 e. The highest BCUT2D eigenvalue weighted by Crippen LogP contribution is 2.04. The Morgan fingerprint density at radius 2 is 1.72 bits per heavy atom. The summed E-state index contributed by atoms with van der Waals surface area (Å²) in [4.78, 5) is 13.0. The number of amides is 1. The van der Waals surface area contributed by atoms with Crippen LogP contribution in [0.2, 0.25) is 0 Å². The number of nitrogens with zero attached hydrogens (tertiary/aromatic N) is 1. The van der Waals surface area contributed by atoms with Crippen molar-refractivity contribution in [1.82, 2.24) is 4.90 Å². The van der Waals surface area contributed by atoms with Crippen LogP contribution in [0, 0.1) is 6.92 Å². The van der Waals surface area contributed by atoms with Gasteiger partial charge in [-0.25, -0.2) is 0 Å². The second-order valence-electron chi connectivity index (χ2n) is 4.41. The first kappa shape index (κ1) is 16.2. The molecule has 0 aliphatic heterocycles. The van der Waals surface area contributed by atoms with Crippen molar-refractivity contribution in [1.29, 1.82) is 0 Å². The molecule has 0 saturated heterocycles. The van der Waals surface area contributed by atoms with Crippen molar-refractivity contribution in [2.24, 2.45) is 0 Å². The number of benzene rings is 1. The zero-order valence-corrected chi connectivity index (χ0v) is 12.0. The number of carbonyl (C=O) groups excluding carboxylic acids is 1. The summed E-state index contributed by atoms with van der Waals surface area (Å²) in [6.45, 7) is 9.61. The standard InChI is InChI=1S/C10H13NO.C6H10/c1-8-4-6-9(7-5-8)10(12)11(2)3;1-4-5-6(2)3/h4-7H,1-3H3;4-5H,2H2,1,3H3/b;5-4-. The lowest BCUT2D eigenvalue weighted by Crippen LogP contribution is -2.21. The van der Waals surface area contributed by atoms with E-state index in [0.29, 0.717) is 0 Å². The van der Waals surface area contributed by atoms with E-state index in [4.69, 9.17) is 0 Å². The van der Waals surface area contributed by atoms with Gasteiger partial charge in [0.1, 0.15) is 0 Å². The average molecular weight is 245 g/mol. The van der Waals surface area contributed by atoms with E-state index in [0.717, 1.165) is 11.1 Å². The summed E-state index contributed by atoms with van der Waals surface area (Å²) in [5, 5.41) is 0. The third kappa shape index (κ3) is 6.69. The van der Waals surface area contributed by atoms with Crippen molar-refractivity contribution < 1.29 is 4.79 Å². The van der Waals surface area contributed by atoms with Gasteiger partial charge in [0.05, 0.1) is 0 Å². The Labute approximate surface area is 111 Å². The zero-order valence-electron chi connectivity index (χ0n) is 12.0. The van der Waals surface area contributed by atoms with Crippen LogP contribution in [-0.4, -0.2) is 24.9 Å². The molecule has 2 heteroatoms. The maximum Gasteiger partial charge on any atom is 0.253 e. The largest absolute Gasteiger partial charge is 0.345 e. The Morgan fingerprint density at radius 3 is 2.00 bits per heavy atom. The fraction of sp³-hybridized carbons (Fsp3) is 0.312. The maximum atomic E-state index is 11.4. The summed E-state index contributed by atoms with van der Waals surface area (Å²) in [5.74, 6) is 0.0509. The highest BCUT2D eigenvalue weighted by Gasteiger charge is 2.05. The van der Waals surface area contributed by atoms with Crippen LogP contribution < -0.4 is 0 Å². The van der Waals surface area contributed by atoms with E-state index in [1.54, 1.807) is 19.0 Å². The molecular formula is C16H23NO. The fourth-order valence-corrected chi connectivity index (χ4v) is 1.24. The summed E-state index contributed by atoms with van der Waals surface area (Å²) in [7, 11) is 3.50. The van der Waals surface area contributed by atoms with E-state index in [-0.39, 0.29) is 5.91 Å². The van der Waals surface area contributed by atoms with E-state index < -0.39 is 0 Å². The molecular weight excluding hydrogens is 222 g/mol. The molecule has 0 spiro atoms. The zero-order chi connectivity index (χ0) is 14.1. The SMILES string of the molecule is C=C(C)/C=C\C.Cc1ccc(C(=O)N(C)C)cc1. The average Bonchev–Trinajstić information content (AvgIpc) is 2.29. The molecule has 0 unspecified atom stereocenters. The van der Waals surface area contributed by atoms with Crippen molar-refractivity contribution >= 4 is 5.91 Å². The van der Waals surface area contributed by atoms with Gasteiger partial charge in [-0.2, -0.15) is 0 Å². The Morgan fingerprint density at radius 1 is 1.22 bits per heavy atom. The first-order valence-corrected chi connectivity index (χ1v) is 5.95. The number of hydrogen-bond donors (Lipinski definition) is 0. The molecule has 0 radical (unpaired) electrons. The van der Waals surface area contributed by atoms with Crippen molar-refractivity contribution in [2.75, 3.05) is 14.1 Å². The summed E-state index contributed by atoms with van der Waals surface area (Å²) >= 11 is 0. The van der Waals surface area contributed by atoms with Gasteiger partial charge in [-0.1, -0.05) is 42.0 Å². The molecule has 1 amide bonds. The Bertz CT molecular complexity index is 413. The molecule has 0 fully saturated rings. The van der Waals surface area contributed by atoms with Gasteiger partial charge in [-0.15, -0.1) is 0 Å². The van der Waals surface area contributed by atoms with Gasteiger partial charge in [-0.05, 0) is 32.9 Å². The molecule has 98 valence electrons. The lowest BCUT2D eigenvalue weighted by molar-refractivity contribution is 0.0827. The minimum atomic E-state index is 0.0509. The molecule has 18 heavy (non-hydrogen) atoms. The number of rotatable bonds is 2. The van der Waals surface area contributed by atoms with Crippen LogP contribution in [-0.2, 0) is 0 Å². The van der Waals surface area contributed by atoms with Crippen LogP contribution in [0.3, 0.4) is 0 Å². The van der Waals surface area contributed by atoms with E-state index in [2.05, 4.69) is 6.58 Å². The first-order chi connectivity index (χ1) is 8.38. The van der Waals surface area contributed by atoms with Crippen molar-refractivity contribution in [2.45, 2.75) is 20.8 Å². The molecule has 1 aromatic carbocycles. The van der Waals surface area contributed by atoms with Crippen molar-refractivity contribution in [3.63, 3.8) is 0 Å². The topological polar surface area (TPSA) is 20.3 Å². The number of carbonyl (C=O) groups is 1. The lowest BCUT2D eigenvalue weighted by atomic mass is 10.1. The van der Waals surface area contributed by atoms with Crippen molar-refractivity contribution in [3.05, 3.63) is 59.7 Å². The molecule has 0 N–H and O–H groups in total. The van der Waals surface area contributed by atoms with Gasteiger partial charge < -0.3 is 4.90 Å². The van der Waals surface area contributed by atoms with Crippen LogP contribution in [0.4, 0.5) is 0 Å². The molecule has 2 nitrogen and oxygen atoms in total. The Kier molecular flexibility index (Phi) is 7.45. The highest BCUT2D eigenvalue weighted by molar-refractivity contribution is 5.93. The van der Waals surface area contributed by atoms with E-state index in [9.17, 15) is 4.79 Å². The second-order valence-corrected chi connectivity index (χ2v) is 4.41. The molecule has 0 aromatic heterocycles. The van der Waals surface area contributed by atoms with Crippen LogP contribution >= 0.6 is 0 Å². The third-order valence-electron chi connectivity index (χ3n) is 2.16. The normalized spacial score (nSPS) is 9.61. The summed E-state index contributed by atoms with van der Waals surface area (Å²) in [6.07, 6.45) is 3.95. The number of hydrogen-bond acceptors (Lipinski definition) is 1.